The van der Waals surface area contributed by atoms with Crippen molar-refractivity contribution in [3.8, 4) is 28.5 Å². The second-order valence-corrected chi connectivity index (χ2v) is 8.51. The van der Waals surface area contributed by atoms with E-state index in [4.69, 9.17) is 15.5 Å². The highest BCUT2D eigenvalue weighted by Gasteiger charge is 2.17. The van der Waals surface area contributed by atoms with Crippen LogP contribution in [0.3, 0.4) is 0 Å². The van der Waals surface area contributed by atoms with Crippen LogP contribution in [-0.4, -0.2) is 49.1 Å². The van der Waals surface area contributed by atoms with Crippen molar-refractivity contribution in [3.05, 3.63) is 83.7 Å². The van der Waals surface area contributed by atoms with Crippen LogP contribution >= 0.6 is 0 Å². The summed E-state index contributed by atoms with van der Waals surface area (Å²) in [4.78, 5) is 33.0. The van der Waals surface area contributed by atoms with Gasteiger partial charge in [0, 0.05) is 23.5 Å². The number of carboxylic acids is 1. The quantitative estimate of drug-likeness (QED) is 0.227. The van der Waals surface area contributed by atoms with Gasteiger partial charge < -0.3 is 25.9 Å². The third kappa shape index (κ3) is 5.42. The van der Waals surface area contributed by atoms with Gasteiger partial charge in [0.2, 0.25) is 5.88 Å². The van der Waals surface area contributed by atoms with Gasteiger partial charge >= 0.3 is 5.97 Å². The Bertz CT molecular complexity index is 1640. The van der Waals surface area contributed by atoms with E-state index in [1.807, 2.05) is 43.3 Å². The minimum Gasteiger partial charge on any atom is -0.478 e. The number of carboxylic acid groups (broad SMARTS) is 1. The molecule has 5 N–H and O–H groups in total. The first-order chi connectivity index (χ1) is 18.4. The average Bonchev–Trinajstić information content (AvgIpc) is 3.34. The molecule has 10 nitrogen and oxygen atoms in total. The van der Waals surface area contributed by atoms with E-state index >= 15 is 0 Å². The molecular weight excluding hydrogens is 489 g/mol. The summed E-state index contributed by atoms with van der Waals surface area (Å²) in [5.74, 6) is -0.933. The van der Waals surface area contributed by atoms with Crippen LogP contribution in [-0.2, 0) is 6.54 Å². The summed E-state index contributed by atoms with van der Waals surface area (Å²) in [6, 6.07) is 14.9. The molecule has 38 heavy (non-hydrogen) atoms. The number of ether oxygens (including phenoxy) is 1. The lowest BCUT2D eigenvalue weighted by molar-refractivity contribution is 0.0696. The van der Waals surface area contributed by atoms with Gasteiger partial charge in [-0.3, -0.25) is 4.98 Å². The van der Waals surface area contributed by atoms with Gasteiger partial charge in [0.05, 0.1) is 40.7 Å². The third-order valence-electron chi connectivity index (χ3n) is 5.67. The molecule has 0 bridgehead atoms. The first-order valence-corrected chi connectivity index (χ1v) is 11.8. The fourth-order valence-electron chi connectivity index (χ4n) is 3.96. The molecule has 2 aromatic carbocycles. The Balaban J connectivity index is 1.52. The smallest absolute Gasteiger partial charge is 0.335 e. The van der Waals surface area contributed by atoms with Gasteiger partial charge in [0.15, 0.2) is 0 Å². The molecule has 0 radical (unpaired) electrons. The largest absolute Gasteiger partial charge is 0.478 e. The van der Waals surface area contributed by atoms with Crippen LogP contribution in [0.1, 0.15) is 21.9 Å². The summed E-state index contributed by atoms with van der Waals surface area (Å²) in [5.41, 5.74) is 10.7. The number of nitrogens with two attached hydrogens (primary N) is 1. The van der Waals surface area contributed by atoms with Gasteiger partial charge in [-0.05, 0) is 49.4 Å². The number of hydrogen-bond donors (Lipinski definition) is 4. The standard InChI is InChI=1S/C27H24FN7O3/c1-15-3-2-4-21(32-15)26-25(16-5-6-20-22(11-16)33-24(14-31-20)38-8-7-29)34-23(35-26)13-30-19-10-17(27(36)37)9-18(28)12-19/h2-6,9-12,14,30H,7-8,13,29H2,1H3,(H,34,35)(H,36,37). The summed E-state index contributed by atoms with van der Waals surface area (Å²) in [6.45, 7) is 2.78. The third-order valence-corrected chi connectivity index (χ3v) is 5.67. The van der Waals surface area contributed by atoms with Crippen LogP contribution in [0.2, 0.25) is 0 Å². The van der Waals surface area contributed by atoms with Gasteiger partial charge in [-0.1, -0.05) is 12.1 Å². The van der Waals surface area contributed by atoms with Gasteiger partial charge in [-0.25, -0.2) is 24.1 Å². The number of aromatic carboxylic acids is 1. The Morgan fingerprint density at radius 3 is 2.76 bits per heavy atom. The SMILES string of the molecule is Cc1cccc(-c2nc(CNc3cc(F)cc(C(=O)O)c3)[nH]c2-c2ccc3ncc(OCCN)nc3c2)n1. The van der Waals surface area contributed by atoms with Crippen molar-refractivity contribution < 1.29 is 19.0 Å². The minimum absolute atomic E-state index is 0.149. The molecule has 3 aromatic heterocycles. The Morgan fingerprint density at radius 1 is 1.11 bits per heavy atom. The van der Waals surface area contributed by atoms with Crippen LogP contribution < -0.4 is 15.8 Å². The summed E-state index contributed by atoms with van der Waals surface area (Å²) in [6.07, 6.45) is 1.56. The van der Waals surface area contributed by atoms with E-state index < -0.39 is 11.8 Å². The molecular formula is C27H24FN7O3. The molecule has 5 aromatic rings. The number of benzene rings is 2. The van der Waals surface area contributed by atoms with Crippen molar-refractivity contribution in [2.45, 2.75) is 13.5 Å². The number of aryl methyl sites for hydroxylation is 1. The Labute approximate surface area is 216 Å². The summed E-state index contributed by atoms with van der Waals surface area (Å²) in [7, 11) is 0. The molecule has 0 saturated carbocycles. The van der Waals surface area contributed by atoms with Crippen LogP contribution in [0.25, 0.3) is 33.7 Å². The number of fused-ring (bicyclic) bond motifs is 1. The normalized spacial score (nSPS) is 11.0. The summed E-state index contributed by atoms with van der Waals surface area (Å²) < 4.78 is 19.5. The maximum absolute atomic E-state index is 13.9. The molecule has 3 heterocycles. The number of halogens is 1. The predicted octanol–water partition coefficient (Wildman–Crippen LogP) is 4.18. The van der Waals surface area contributed by atoms with E-state index in [1.54, 1.807) is 6.20 Å². The molecule has 0 aliphatic carbocycles. The van der Waals surface area contributed by atoms with Crippen molar-refractivity contribution in [1.29, 1.82) is 0 Å². The zero-order chi connectivity index (χ0) is 26.6. The van der Waals surface area contributed by atoms with Gasteiger partial charge in [0.25, 0.3) is 0 Å². The van der Waals surface area contributed by atoms with E-state index in [0.717, 1.165) is 17.3 Å². The number of anilines is 1. The van der Waals surface area contributed by atoms with Gasteiger partial charge in [-0.2, -0.15) is 0 Å². The monoisotopic (exact) mass is 513 g/mol. The van der Waals surface area contributed by atoms with E-state index in [1.165, 1.54) is 12.1 Å². The van der Waals surface area contributed by atoms with Crippen LogP contribution in [0, 0.1) is 12.7 Å². The van der Waals surface area contributed by atoms with Crippen molar-refractivity contribution in [3.63, 3.8) is 0 Å². The maximum atomic E-state index is 13.9. The first-order valence-electron chi connectivity index (χ1n) is 11.8. The van der Waals surface area contributed by atoms with Gasteiger partial charge in [-0.15, -0.1) is 0 Å². The number of aromatic amines is 1. The Morgan fingerprint density at radius 2 is 1.97 bits per heavy atom. The lowest BCUT2D eigenvalue weighted by Crippen LogP contribution is -2.11. The molecule has 0 fully saturated rings. The molecule has 0 aliphatic rings. The number of imidazole rings is 1. The average molecular weight is 514 g/mol. The number of H-pyrrole nitrogens is 1. The second-order valence-electron chi connectivity index (χ2n) is 8.51. The van der Waals surface area contributed by atoms with Crippen LogP contribution in [0.15, 0.2) is 60.8 Å². The number of hydrogen-bond acceptors (Lipinski definition) is 8. The Kier molecular flexibility index (Phi) is 6.92. The topological polar surface area (TPSA) is 152 Å². The highest BCUT2D eigenvalue weighted by molar-refractivity contribution is 5.89. The molecule has 5 rings (SSSR count). The van der Waals surface area contributed by atoms with Gasteiger partial charge in [0.1, 0.15) is 23.9 Å². The summed E-state index contributed by atoms with van der Waals surface area (Å²) in [5, 5.41) is 12.3. The molecule has 0 spiro atoms. The number of pyridine rings is 1. The fraction of sp³-hybridized carbons (Fsp3) is 0.148. The minimum atomic E-state index is -1.21. The Hall–Kier alpha value is -4.90. The summed E-state index contributed by atoms with van der Waals surface area (Å²) >= 11 is 0. The zero-order valence-electron chi connectivity index (χ0n) is 20.4. The predicted molar refractivity (Wildman–Crippen MR) is 140 cm³/mol. The van der Waals surface area contributed by atoms with Crippen LogP contribution in [0.5, 0.6) is 5.88 Å². The number of nitrogens with zero attached hydrogens (tertiary/aromatic N) is 4. The molecule has 0 amide bonds. The molecule has 0 saturated heterocycles. The number of rotatable bonds is 9. The van der Waals surface area contributed by atoms with Crippen molar-refractivity contribution >= 4 is 22.7 Å². The number of aromatic nitrogens is 5. The highest BCUT2D eigenvalue weighted by Crippen LogP contribution is 2.31. The zero-order valence-corrected chi connectivity index (χ0v) is 20.4. The number of nitrogens with one attached hydrogen (secondary N) is 2. The molecule has 0 atom stereocenters. The second kappa shape index (κ2) is 10.6. The van der Waals surface area contributed by atoms with Crippen molar-refractivity contribution in [1.82, 2.24) is 24.9 Å². The van der Waals surface area contributed by atoms with E-state index in [0.29, 0.717) is 58.7 Å². The van der Waals surface area contributed by atoms with E-state index in [-0.39, 0.29) is 12.1 Å². The molecule has 0 unspecified atom stereocenters. The number of carbonyl (C=O) groups is 1. The van der Waals surface area contributed by atoms with E-state index in [9.17, 15) is 14.3 Å². The first kappa shape index (κ1) is 24.8. The lowest BCUT2D eigenvalue weighted by Gasteiger charge is -2.07. The van der Waals surface area contributed by atoms with Crippen molar-refractivity contribution in [2.75, 3.05) is 18.5 Å². The molecule has 0 aliphatic heterocycles. The molecule has 192 valence electrons. The molecule has 11 heteroatoms. The van der Waals surface area contributed by atoms with Crippen LogP contribution in [0.4, 0.5) is 10.1 Å². The van der Waals surface area contributed by atoms with E-state index in [2.05, 4.69) is 25.3 Å². The highest BCUT2D eigenvalue weighted by atomic mass is 19.1. The fourth-order valence-corrected chi connectivity index (χ4v) is 3.96. The van der Waals surface area contributed by atoms with Crippen molar-refractivity contribution in [2.24, 2.45) is 5.73 Å². The maximum Gasteiger partial charge on any atom is 0.335 e. The lowest BCUT2D eigenvalue weighted by atomic mass is 10.1.